The van der Waals surface area contributed by atoms with Gasteiger partial charge in [-0.15, -0.1) is 0 Å². The lowest BCUT2D eigenvalue weighted by molar-refractivity contribution is -0.385. The number of hydrogen-bond acceptors (Lipinski definition) is 3. The molecule has 5 nitrogen and oxygen atoms in total. The number of nitro benzene ring substituents is 1. The fraction of sp³-hybridized carbons (Fsp3) is 0.533. The zero-order chi connectivity index (χ0) is 15.6. The SMILES string of the molecule is Cc1cc([N+](=O)[O-])cc(C(=O)N(C)C2CCCCC2)c1F. The van der Waals surface area contributed by atoms with Gasteiger partial charge in [0.1, 0.15) is 5.82 Å². The van der Waals surface area contributed by atoms with Crippen molar-refractivity contribution in [2.75, 3.05) is 7.05 Å². The number of carbonyl (C=O) groups is 1. The highest BCUT2D eigenvalue weighted by atomic mass is 19.1. The highest BCUT2D eigenvalue weighted by molar-refractivity contribution is 5.95. The molecule has 21 heavy (non-hydrogen) atoms. The van der Waals surface area contributed by atoms with Crippen LogP contribution in [0, 0.1) is 22.9 Å². The maximum absolute atomic E-state index is 14.2. The summed E-state index contributed by atoms with van der Waals surface area (Å²) in [6, 6.07) is 2.27. The minimum Gasteiger partial charge on any atom is -0.339 e. The van der Waals surface area contributed by atoms with Crippen LogP contribution in [0.15, 0.2) is 12.1 Å². The lowest BCUT2D eigenvalue weighted by Crippen LogP contribution is -2.38. The van der Waals surface area contributed by atoms with E-state index >= 15 is 0 Å². The molecule has 1 saturated carbocycles. The van der Waals surface area contributed by atoms with Crippen molar-refractivity contribution >= 4 is 11.6 Å². The molecule has 1 aliphatic carbocycles. The van der Waals surface area contributed by atoms with Crippen molar-refractivity contribution in [2.45, 2.75) is 45.1 Å². The molecular weight excluding hydrogens is 275 g/mol. The average molecular weight is 294 g/mol. The largest absolute Gasteiger partial charge is 0.339 e. The molecule has 0 aliphatic heterocycles. The monoisotopic (exact) mass is 294 g/mol. The molecule has 6 heteroatoms. The van der Waals surface area contributed by atoms with E-state index in [1.807, 2.05) is 0 Å². The molecule has 1 aromatic rings. The molecule has 0 N–H and O–H groups in total. The number of benzene rings is 1. The van der Waals surface area contributed by atoms with Gasteiger partial charge in [-0.1, -0.05) is 19.3 Å². The molecule has 1 fully saturated rings. The average Bonchev–Trinajstić information content (AvgIpc) is 2.49. The predicted molar refractivity (Wildman–Crippen MR) is 76.8 cm³/mol. The Hall–Kier alpha value is -1.98. The van der Waals surface area contributed by atoms with Gasteiger partial charge in [0, 0.05) is 25.2 Å². The molecule has 0 bridgehead atoms. The van der Waals surface area contributed by atoms with E-state index in [1.54, 1.807) is 7.05 Å². The van der Waals surface area contributed by atoms with Crippen molar-refractivity contribution in [2.24, 2.45) is 0 Å². The number of hydrogen-bond donors (Lipinski definition) is 0. The smallest absolute Gasteiger partial charge is 0.270 e. The Morgan fingerprint density at radius 2 is 1.95 bits per heavy atom. The summed E-state index contributed by atoms with van der Waals surface area (Å²) in [6.07, 6.45) is 5.07. The number of rotatable bonds is 3. The van der Waals surface area contributed by atoms with Crippen molar-refractivity contribution < 1.29 is 14.1 Å². The number of amides is 1. The van der Waals surface area contributed by atoms with Crippen LogP contribution in [0.25, 0.3) is 0 Å². The first-order valence-electron chi connectivity index (χ1n) is 7.13. The maximum Gasteiger partial charge on any atom is 0.270 e. The third-order valence-electron chi connectivity index (χ3n) is 4.12. The summed E-state index contributed by atoms with van der Waals surface area (Å²) in [5.41, 5.74) is -0.353. The van der Waals surface area contributed by atoms with Crippen LogP contribution in [-0.2, 0) is 0 Å². The fourth-order valence-electron chi connectivity index (χ4n) is 2.84. The molecular formula is C15H19FN2O3. The molecule has 1 aliphatic rings. The number of carbonyl (C=O) groups excluding carboxylic acids is 1. The number of halogens is 1. The number of non-ortho nitro benzene ring substituents is 1. The van der Waals surface area contributed by atoms with Crippen LogP contribution < -0.4 is 0 Å². The summed E-state index contributed by atoms with van der Waals surface area (Å²) in [5.74, 6) is -1.15. The van der Waals surface area contributed by atoms with Crippen molar-refractivity contribution in [3.8, 4) is 0 Å². The van der Waals surface area contributed by atoms with Gasteiger partial charge in [0.25, 0.3) is 11.6 Å². The Morgan fingerprint density at radius 3 is 2.52 bits per heavy atom. The van der Waals surface area contributed by atoms with Crippen LogP contribution in [-0.4, -0.2) is 28.8 Å². The van der Waals surface area contributed by atoms with Crippen molar-refractivity contribution in [3.05, 3.63) is 39.2 Å². The molecule has 0 aromatic heterocycles. The first-order chi connectivity index (χ1) is 9.91. The Balaban J connectivity index is 2.31. The lowest BCUT2D eigenvalue weighted by atomic mass is 9.94. The third-order valence-corrected chi connectivity index (χ3v) is 4.12. The lowest BCUT2D eigenvalue weighted by Gasteiger charge is -2.31. The molecule has 0 radical (unpaired) electrons. The van der Waals surface area contributed by atoms with Crippen molar-refractivity contribution in [3.63, 3.8) is 0 Å². The summed E-state index contributed by atoms with van der Waals surface area (Å²) in [4.78, 5) is 24.2. The second kappa shape index (κ2) is 6.20. The van der Waals surface area contributed by atoms with E-state index in [0.29, 0.717) is 0 Å². The van der Waals surface area contributed by atoms with E-state index in [4.69, 9.17) is 0 Å². The van der Waals surface area contributed by atoms with Gasteiger partial charge in [-0.3, -0.25) is 14.9 Å². The van der Waals surface area contributed by atoms with Crippen LogP contribution >= 0.6 is 0 Å². The zero-order valence-electron chi connectivity index (χ0n) is 12.3. The molecule has 114 valence electrons. The summed E-state index contributed by atoms with van der Waals surface area (Å²) >= 11 is 0. The van der Waals surface area contributed by atoms with E-state index in [-0.39, 0.29) is 22.9 Å². The molecule has 0 spiro atoms. The predicted octanol–water partition coefficient (Wildman–Crippen LogP) is 3.45. The quantitative estimate of drug-likeness (QED) is 0.633. The summed E-state index contributed by atoms with van der Waals surface area (Å²) in [5, 5.41) is 10.9. The first-order valence-corrected chi connectivity index (χ1v) is 7.13. The standard InChI is InChI=1S/C15H19FN2O3/c1-10-8-12(18(20)21)9-13(14(10)16)15(19)17(2)11-6-4-3-5-7-11/h8-9,11H,3-7H2,1-2H3. The summed E-state index contributed by atoms with van der Waals surface area (Å²) < 4.78 is 14.2. The second-order valence-electron chi connectivity index (χ2n) is 5.59. The highest BCUT2D eigenvalue weighted by Crippen LogP contribution is 2.26. The Bertz CT molecular complexity index is 568. The Labute approximate surface area is 122 Å². The number of nitrogens with zero attached hydrogens (tertiary/aromatic N) is 2. The molecule has 0 unspecified atom stereocenters. The Kier molecular flexibility index (Phi) is 4.55. The maximum atomic E-state index is 14.2. The van der Waals surface area contributed by atoms with E-state index in [0.717, 1.165) is 44.2 Å². The van der Waals surface area contributed by atoms with Gasteiger partial charge in [-0.25, -0.2) is 4.39 Å². The van der Waals surface area contributed by atoms with Crippen molar-refractivity contribution in [1.29, 1.82) is 0 Å². The van der Waals surface area contributed by atoms with E-state index in [9.17, 15) is 19.3 Å². The van der Waals surface area contributed by atoms with Crippen LogP contribution in [0.1, 0.15) is 48.0 Å². The van der Waals surface area contributed by atoms with Gasteiger partial charge in [-0.05, 0) is 25.3 Å². The minimum absolute atomic E-state index is 0.0882. The van der Waals surface area contributed by atoms with Crippen molar-refractivity contribution in [1.82, 2.24) is 4.90 Å². The molecule has 0 heterocycles. The van der Waals surface area contributed by atoms with Crippen LogP contribution in [0.4, 0.5) is 10.1 Å². The summed E-state index contributed by atoms with van der Waals surface area (Å²) in [7, 11) is 1.64. The van der Waals surface area contributed by atoms with Crippen LogP contribution in [0.3, 0.4) is 0 Å². The number of nitro groups is 1. The van der Waals surface area contributed by atoms with E-state index in [2.05, 4.69) is 0 Å². The molecule has 1 aromatic carbocycles. The number of aryl methyl sites for hydroxylation is 1. The van der Waals surface area contributed by atoms with E-state index in [1.165, 1.54) is 11.8 Å². The van der Waals surface area contributed by atoms with Crippen LogP contribution in [0.2, 0.25) is 0 Å². The fourth-order valence-corrected chi connectivity index (χ4v) is 2.84. The van der Waals surface area contributed by atoms with Gasteiger partial charge < -0.3 is 4.90 Å². The normalized spacial score (nSPS) is 15.8. The highest BCUT2D eigenvalue weighted by Gasteiger charge is 2.27. The minimum atomic E-state index is -0.673. The Morgan fingerprint density at radius 1 is 1.33 bits per heavy atom. The summed E-state index contributed by atoms with van der Waals surface area (Å²) in [6.45, 7) is 1.43. The van der Waals surface area contributed by atoms with Gasteiger partial charge in [0.2, 0.25) is 0 Å². The second-order valence-corrected chi connectivity index (χ2v) is 5.59. The van der Waals surface area contributed by atoms with Gasteiger partial charge >= 0.3 is 0 Å². The van der Waals surface area contributed by atoms with Gasteiger partial charge in [0.15, 0.2) is 0 Å². The first kappa shape index (κ1) is 15.4. The third kappa shape index (κ3) is 3.20. The topological polar surface area (TPSA) is 63.5 Å². The van der Waals surface area contributed by atoms with Crippen LogP contribution in [0.5, 0.6) is 0 Å². The van der Waals surface area contributed by atoms with Gasteiger partial charge in [-0.2, -0.15) is 0 Å². The zero-order valence-corrected chi connectivity index (χ0v) is 12.3. The molecule has 2 rings (SSSR count). The van der Waals surface area contributed by atoms with Gasteiger partial charge in [0.05, 0.1) is 10.5 Å². The van der Waals surface area contributed by atoms with E-state index < -0.39 is 16.6 Å². The molecule has 0 saturated heterocycles. The molecule has 0 atom stereocenters. The molecule has 1 amide bonds.